The van der Waals surface area contributed by atoms with Gasteiger partial charge in [-0.2, -0.15) is 0 Å². The number of hydrogen-bond donors (Lipinski definition) is 1. The molecule has 68 valence electrons. The van der Waals surface area contributed by atoms with Crippen molar-refractivity contribution < 1.29 is 4.74 Å². The van der Waals surface area contributed by atoms with E-state index in [1.165, 1.54) is 0 Å². The van der Waals surface area contributed by atoms with Crippen molar-refractivity contribution in [1.82, 2.24) is 5.32 Å². The highest BCUT2D eigenvalue weighted by Gasteiger charge is 2.19. The summed E-state index contributed by atoms with van der Waals surface area (Å²) in [6, 6.07) is 0.537. The molecule has 0 aromatic carbocycles. The standard InChI is InChI=1S/C9H21NO/c1-6-10-8(2)7-9(3,4)11-5/h8,10H,6-7H2,1-5H3. The summed E-state index contributed by atoms with van der Waals surface area (Å²) in [7, 11) is 1.76. The number of rotatable bonds is 5. The summed E-state index contributed by atoms with van der Waals surface area (Å²) >= 11 is 0. The van der Waals surface area contributed by atoms with Crippen molar-refractivity contribution in [3.05, 3.63) is 0 Å². The van der Waals surface area contributed by atoms with Crippen LogP contribution in [0, 0.1) is 0 Å². The zero-order chi connectivity index (χ0) is 8.91. The molecule has 0 saturated carbocycles. The van der Waals surface area contributed by atoms with E-state index in [9.17, 15) is 0 Å². The van der Waals surface area contributed by atoms with E-state index in [1.54, 1.807) is 7.11 Å². The molecule has 0 aromatic heterocycles. The lowest BCUT2D eigenvalue weighted by Crippen LogP contribution is -2.35. The van der Waals surface area contributed by atoms with Gasteiger partial charge >= 0.3 is 0 Å². The molecule has 1 atom stereocenters. The van der Waals surface area contributed by atoms with Crippen LogP contribution >= 0.6 is 0 Å². The highest BCUT2D eigenvalue weighted by Crippen LogP contribution is 2.14. The summed E-state index contributed by atoms with van der Waals surface area (Å²) in [5.74, 6) is 0. The fourth-order valence-corrected chi connectivity index (χ4v) is 1.24. The normalized spacial score (nSPS) is 15.0. The molecule has 0 rings (SSSR count). The molecule has 0 heterocycles. The van der Waals surface area contributed by atoms with Crippen molar-refractivity contribution in [2.24, 2.45) is 0 Å². The third-order valence-electron chi connectivity index (χ3n) is 1.90. The van der Waals surface area contributed by atoms with Gasteiger partial charge in [-0.3, -0.25) is 0 Å². The van der Waals surface area contributed by atoms with Crippen LogP contribution in [0.2, 0.25) is 0 Å². The number of methoxy groups -OCH3 is 1. The van der Waals surface area contributed by atoms with Gasteiger partial charge in [-0.25, -0.2) is 0 Å². The average Bonchev–Trinajstić information content (AvgIpc) is 1.87. The molecular weight excluding hydrogens is 138 g/mol. The zero-order valence-corrected chi connectivity index (χ0v) is 8.40. The first kappa shape index (κ1) is 10.9. The Hall–Kier alpha value is -0.0800. The molecule has 1 unspecified atom stereocenters. The van der Waals surface area contributed by atoms with Gasteiger partial charge in [0.15, 0.2) is 0 Å². The maximum absolute atomic E-state index is 5.31. The van der Waals surface area contributed by atoms with Crippen LogP contribution in [0.3, 0.4) is 0 Å². The lowest BCUT2D eigenvalue weighted by atomic mass is 10.00. The lowest BCUT2D eigenvalue weighted by molar-refractivity contribution is 0.00874. The van der Waals surface area contributed by atoms with Crippen LogP contribution in [0.25, 0.3) is 0 Å². The van der Waals surface area contributed by atoms with Crippen LogP contribution in [0.4, 0.5) is 0 Å². The Balaban J connectivity index is 3.64. The predicted molar refractivity (Wildman–Crippen MR) is 48.8 cm³/mol. The van der Waals surface area contributed by atoms with Crippen molar-refractivity contribution >= 4 is 0 Å². The minimum absolute atomic E-state index is 0.00157. The van der Waals surface area contributed by atoms with E-state index >= 15 is 0 Å². The Kier molecular flexibility index (Phi) is 4.69. The second-order valence-electron chi connectivity index (χ2n) is 3.63. The highest BCUT2D eigenvalue weighted by atomic mass is 16.5. The molecule has 0 aromatic rings. The highest BCUT2D eigenvalue weighted by molar-refractivity contribution is 4.74. The Morgan fingerprint density at radius 1 is 1.45 bits per heavy atom. The first-order valence-electron chi connectivity index (χ1n) is 4.30. The third-order valence-corrected chi connectivity index (χ3v) is 1.90. The summed E-state index contributed by atoms with van der Waals surface area (Å²) < 4.78 is 5.31. The van der Waals surface area contributed by atoms with Crippen molar-refractivity contribution in [2.45, 2.75) is 45.8 Å². The summed E-state index contributed by atoms with van der Waals surface area (Å²) in [5, 5.41) is 3.36. The molecule has 2 heteroatoms. The number of nitrogens with one attached hydrogen (secondary N) is 1. The molecule has 11 heavy (non-hydrogen) atoms. The second-order valence-corrected chi connectivity index (χ2v) is 3.63. The first-order valence-corrected chi connectivity index (χ1v) is 4.30. The Morgan fingerprint density at radius 3 is 2.36 bits per heavy atom. The molecule has 0 aliphatic heterocycles. The molecule has 0 amide bonds. The van der Waals surface area contributed by atoms with Crippen molar-refractivity contribution in [3.63, 3.8) is 0 Å². The summed E-state index contributed by atoms with van der Waals surface area (Å²) in [6.45, 7) is 9.56. The Morgan fingerprint density at radius 2 is 2.00 bits per heavy atom. The second kappa shape index (κ2) is 4.73. The monoisotopic (exact) mass is 159 g/mol. The van der Waals surface area contributed by atoms with Gasteiger partial charge in [0.1, 0.15) is 0 Å². The van der Waals surface area contributed by atoms with Crippen molar-refractivity contribution in [2.75, 3.05) is 13.7 Å². The number of hydrogen-bond acceptors (Lipinski definition) is 2. The van der Waals surface area contributed by atoms with Crippen LogP contribution in [0.5, 0.6) is 0 Å². The van der Waals surface area contributed by atoms with Crippen LogP contribution in [-0.2, 0) is 4.74 Å². The quantitative estimate of drug-likeness (QED) is 0.660. The van der Waals surface area contributed by atoms with Gasteiger partial charge in [0, 0.05) is 13.2 Å². The predicted octanol–water partition coefficient (Wildman–Crippen LogP) is 1.80. The van der Waals surface area contributed by atoms with E-state index in [2.05, 4.69) is 33.0 Å². The fraction of sp³-hybridized carbons (Fsp3) is 1.00. The summed E-state index contributed by atoms with van der Waals surface area (Å²) in [5.41, 5.74) is 0.00157. The van der Waals surface area contributed by atoms with Crippen molar-refractivity contribution in [1.29, 1.82) is 0 Å². The van der Waals surface area contributed by atoms with E-state index in [1.807, 2.05) is 0 Å². The van der Waals surface area contributed by atoms with Gasteiger partial charge in [-0.1, -0.05) is 6.92 Å². The topological polar surface area (TPSA) is 21.3 Å². The molecule has 0 spiro atoms. The van der Waals surface area contributed by atoms with E-state index in [0.29, 0.717) is 6.04 Å². The van der Waals surface area contributed by atoms with Crippen LogP contribution in [-0.4, -0.2) is 25.3 Å². The minimum atomic E-state index is 0.00157. The average molecular weight is 159 g/mol. The smallest absolute Gasteiger partial charge is 0.0637 e. The molecule has 0 aliphatic carbocycles. The van der Waals surface area contributed by atoms with Gasteiger partial charge in [0.2, 0.25) is 0 Å². The molecule has 0 aliphatic rings. The molecule has 2 nitrogen and oxygen atoms in total. The largest absolute Gasteiger partial charge is 0.379 e. The van der Waals surface area contributed by atoms with Gasteiger partial charge in [-0.05, 0) is 33.7 Å². The van der Waals surface area contributed by atoms with Crippen LogP contribution < -0.4 is 5.32 Å². The zero-order valence-electron chi connectivity index (χ0n) is 8.40. The molecule has 0 bridgehead atoms. The molecule has 0 saturated heterocycles. The SMILES string of the molecule is CCNC(C)CC(C)(C)OC. The molecule has 1 N–H and O–H groups in total. The van der Waals surface area contributed by atoms with Crippen molar-refractivity contribution in [3.8, 4) is 0 Å². The van der Waals surface area contributed by atoms with E-state index in [4.69, 9.17) is 4.74 Å². The lowest BCUT2D eigenvalue weighted by Gasteiger charge is -2.26. The number of ether oxygens (including phenoxy) is 1. The van der Waals surface area contributed by atoms with Gasteiger partial charge in [-0.15, -0.1) is 0 Å². The third kappa shape index (κ3) is 5.22. The molecular formula is C9H21NO. The van der Waals surface area contributed by atoms with Gasteiger partial charge < -0.3 is 10.1 Å². The van der Waals surface area contributed by atoms with Crippen LogP contribution in [0.1, 0.15) is 34.1 Å². The molecule has 0 fully saturated rings. The minimum Gasteiger partial charge on any atom is -0.379 e. The summed E-state index contributed by atoms with van der Waals surface area (Å²) in [6.07, 6.45) is 1.05. The summed E-state index contributed by atoms with van der Waals surface area (Å²) in [4.78, 5) is 0. The van der Waals surface area contributed by atoms with E-state index in [-0.39, 0.29) is 5.60 Å². The maximum atomic E-state index is 5.31. The van der Waals surface area contributed by atoms with Gasteiger partial charge in [0.25, 0.3) is 0 Å². The Bertz CT molecular complexity index is 102. The first-order chi connectivity index (χ1) is 5.02. The van der Waals surface area contributed by atoms with Crippen LogP contribution in [0.15, 0.2) is 0 Å². The fourth-order valence-electron chi connectivity index (χ4n) is 1.24. The maximum Gasteiger partial charge on any atom is 0.0637 e. The van der Waals surface area contributed by atoms with E-state index < -0.39 is 0 Å². The Labute approximate surface area is 70.3 Å². The van der Waals surface area contributed by atoms with Gasteiger partial charge in [0.05, 0.1) is 5.60 Å². The molecule has 0 radical (unpaired) electrons. The van der Waals surface area contributed by atoms with E-state index in [0.717, 1.165) is 13.0 Å².